The molecule has 1 aromatic rings. The predicted octanol–water partition coefficient (Wildman–Crippen LogP) is 1.72. The molecule has 0 aromatic heterocycles. The van der Waals surface area contributed by atoms with Gasteiger partial charge in [-0.05, 0) is 24.6 Å². The van der Waals surface area contributed by atoms with E-state index in [2.05, 4.69) is 5.43 Å². The summed E-state index contributed by atoms with van der Waals surface area (Å²) in [6.07, 6.45) is 0.131. The van der Waals surface area contributed by atoms with Crippen LogP contribution in [0.1, 0.15) is 18.5 Å². The number of nitrogens with one attached hydrogen (secondary N) is 1. The molecule has 1 fully saturated rings. The van der Waals surface area contributed by atoms with Crippen molar-refractivity contribution in [3.63, 3.8) is 0 Å². The molecule has 18 heavy (non-hydrogen) atoms. The Labute approximate surface area is 112 Å². The van der Waals surface area contributed by atoms with Crippen molar-refractivity contribution in [2.24, 2.45) is 5.84 Å². The number of thioether (sulfide) groups is 1. The van der Waals surface area contributed by atoms with Gasteiger partial charge in [0.05, 0.1) is 25.4 Å². The summed E-state index contributed by atoms with van der Waals surface area (Å²) in [4.78, 5) is 0. The predicted molar refractivity (Wildman–Crippen MR) is 74.7 cm³/mol. The highest BCUT2D eigenvalue weighted by atomic mass is 32.2. The Bertz CT molecular complexity index is 353. The van der Waals surface area contributed by atoms with Crippen LogP contribution in [0.25, 0.3) is 0 Å². The molecule has 0 saturated carbocycles. The monoisotopic (exact) mass is 268 g/mol. The van der Waals surface area contributed by atoms with Gasteiger partial charge in [0.1, 0.15) is 5.75 Å². The Hall–Kier alpha value is -0.750. The second-order valence-corrected chi connectivity index (χ2v) is 5.28. The highest BCUT2D eigenvalue weighted by Crippen LogP contribution is 2.26. The van der Waals surface area contributed by atoms with E-state index in [1.54, 1.807) is 0 Å². The lowest BCUT2D eigenvalue weighted by molar-refractivity contribution is 0.0468. The van der Waals surface area contributed by atoms with Crippen molar-refractivity contribution in [1.29, 1.82) is 0 Å². The Kier molecular flexibility index (Phi) is 5.31. The van der Waals surface area contributed by atoms with Crippen LogP contribution in [0.3, 0.4) is 0 Å². The first-order valence-corrected chi connectivity index (χ1v) is 7.39. The molecule has 3 N–H and O–H groups in total. The second kappa shape index (κ2) is 6.99. The third-order valence-corrected chi connectivity index (χ3v) is 3.96. The third-order valence-electron chi connectivity index (χ3n) is 2.94. The highest BCUT2D eigenvalue weighted by molar-refractivity contribution is 7.99. The number of rotatable bonds is 5. The fraction of sp³-hybridized carbons (Fsp3) is 0.538. The van der Waals surface area contributed by atoms with Crippen LogP contribution in [0.15, 0.2) is 24.3 Å². The van der Waals surface area contributed by atoms with Gasteiger partial charge >= 0.3 is 0 Å². The van der Waals surface area contributed by atoms with Crippen LogP contribution in [-0.2, 0) is 4.74 Å². The summed E-state index contributed by atoms with van der Waals surface area (Å²) in [6.45, 7) is 3.45. The smallest absolute Gasteiger partial charge is 0.119 e. The fourth-order valence-electron chi connectivity index (χ4n) is 2.05. The van der Waals surface area contributed by atoms with Crippen LogP contribution in [0, 0.1) is 0 Å². The molecule has 1 aliphatic heterocycles. The average Bonchev–Trinajstić information content (AvgIpc) is 2.43. The second-order valence-electron chi connectivity index (χ2n) is 4.13. The van der Waals surface area contributed by atoms with Crippen LogP contribution in [-0.4, -0.2) is 30.8 Å². The molecule has 2 atom stereocenters. The van der Waals surface area contributed by atoms with Crippen molar-refractivity contribution in [1.82, 2.24) is 5.43 Å². The average molecular weight is 268 g/mol. The minimum absolute atomic E-state index is 0.0356. The van der Waals surface area contributed by atoms with Crippen LogP contribution < -0.4 is 16.0 Å². The quantitative estimate of drug-likeness (QED) is 0.629. The van der Waals surface area contributed by atoms with E-state index >= 15 is 0 Å². The molecule has 0 bridgehead atoms. The van der Waals surface area contributed by atoms with E-state index in [0.717, 1.165) is 29.4 Å². The van der Waals surface area contributed by atoms with Gasteiger partial charge in [-0.2, -0.15) is 11.8 Å². The lowest BCUT2D eigenvalue weighted by Gasteiger charge is -2.30. The van der Waals surface area contributed by atoms with Gasteiger partial charge in [0.25, 0.3) is 0 Å². The highest BCUT2D eigenvalue weighted by Gasteiger charge is 2.25. The number of benzene rings is 1. The number of hydrogen-bond acceptors (Lipinski definition) is 5. The summed E-state index contributed by atoms with van der Waals surface area (Å²) in [5, 5.41) is 0. The molecule has 4 nitrogen and oxygen atoms in total. The molecule has 0 spiro atoms. The minimum atomic E-state index is 0.0356. The maximum absolute atomic E-state index is 5.77. The lowest BCUT2D eigenvalue weighted by atomic mass is 10.0. The summed E-state index contributed by atoms with van der Waals surface area (Å²) in [7, 11) is 0. The summed E-state index contributed by atoms with van der Waals surface area (Å²) in [6, 6.07) is 8.06. The molecule has 0 amide bonds. The molecule has 1 aromatic carbocycles. The van der Waals surface area contributed by atoms with E-state index in [-0.39, 0.29) is 12.1 Å². The molecule has 1 heterocycles. The Morgan fingerprint density at radius 2 is 2.28 bits per heavy atom. The van der Waals surface area contributed by atoms with Crippen LogP contribution >= 0.6 is 11.8 Å². The zero-order chi connectivity index (χ0) is 12.8. The largest absolute Gasteiger partial charge is 0.494 e. The molecule has 0 aliphatic carbocycles. The molecule has 100 valence electrons. The van der Waals surface area contributed by atoms with Gasteiger partial charge in [-0.3, -0.25) is 11.3 Å². The molecule has 1 saturated heterocycles. The maximum Gasteiger partial charge on any atom is 0.119 e. The van der Waals surface area contributed by atoms with Gasteiger partial charge in [0, 0.05) is 11.5 Å². The summed E-state index contributed by atoms with van der Waals surface area (Å²) < 4.78 is 11.2. The SMILES string of the molecule is CCOc1ccc(C(NN)C2CSCCO2)cc1. The van der Waals surface area contributed by atoms with Gasteiger partial charge in [0.2, 0.25) is 0 Å². The number of nitrogens with two attached hydrogens (primary N) is 1. The first-order chi connectivity index (χ1) is 8.85. The molecular weight excluding hydrogens is 248 g/mol. The molecule has 5 heteroatoms. The zero-order valence-electron chi connectivity index (χ0n) is 10.6. The van der Waals surface area contributed by atoms with Crippen molar-refractivity contribution in [2.75, 3.05) is 24.7 Å². The van der Waals surface area contributed by atoms with Crippen LogP contribution in [0.4, 0.5) is 0 Å². The zero-order valence-corrected chi connectivity index (χ0v) is 11.4. The van der Waals surface area contributed by atoms with E-state index in [1.807, 2.05) is 43.0 Å². The van der Waals surface area contributed by atoms with E-state index in [4.69, 9.17) is 15.3 Å². The molecule has 2 rings (SSSR count). The van der Waals surface area contributed by atoms with Gasteiger partial charge in [-0.25, -0.2) is 0 Å². The normalized spacial score (nSPS) is 21.6. The molecule has 1 aliphatic rings. The number of ether oxygens (including phenoxy) is 2. The van der Waals surface area contributed by atoms with Crippen molar-refractivity contribution >= 4 is 11.8 Å². The first-order valence-electron chi connectivity index (χ1n) is 6.23. The van der Waals surface area contributed by atoms with Crippen molar-refractivity contribution in [3.8, 4) is 5.75 Å². The van der Waals surface area contributed by atoms with Crippen molar-refractivity contribution in [2.45, 2.75) is 19.1 Å². The topological polar surface area (TPSA) is 56.5 Å². The summed E-state index contributed by atoms with van der Waals surface area (Å²) in [5.41, 5.74) is 3.99. The van der Waals surface area contributed by atoms with Crippen LogP contribution in [0.5, 0.6) is 5.75 Å². The maximum atomic E-state index is 5.77. The van der Waals surface area contributed by atoms with Gasteiger partial charge in [-0.15, -0.1) is 0 Å². The molecule has 0 radical (unpaired) electrons. The lowest BCUT2D eigenvalue weighted by Crippen LogP contribution is -2.41. The first kappa shape index (κ1) is 13.7. The van der Waals surface area contributed by atoms with Crippen LogP contribution in [0.2, 0.25) is 0 Å². The molecule has 2 unspecified atom stereocenters. The Morgan fingerprint density at radius 3 is 2.83 bits per heavy atom. The minimum Gasteiger partial charge on any atom is -0.494 e. The number of hydrogen-bond donors (Lipinski definition) is 2. The van der Waals surface area contributed by atoms with E-state index in [0.29, 0.717) is 6.61 Å². The van der Waals surface area contributed by atoms with Crippen molar-refractivity contribution < 1.29 is 9.47 Å². The standard InChI is InChI=1S/C13H20N2O2S/c1-2-16-11-5-3-10(4-6-11)13(15-14)12-9-18-8-7-17-12/h3-6,12-13,15H,2,7-9,14H2,1H3. The number of hydrazine groups is 1. The van der Waals surface area contributed by atoms with E-state index < -0.39 is 0 Å². The van der Waals surface area contributed by atoms with Gasteiger partial charge in [-0.1, -0.05) is 12.1 Å². The van der Waals surface area contributed by atoms with E-state index in [1.165, 1.54) is 0 Å². The Balaban J connectivity index is 2.06. The fourth-order valence-corrected chi connectivity index (χ4v) is 2.96. The van der Waals surface area contributed by atoms with Gasteiger partial charge < -0.3 is 9.47 Å². The third kappa shape index (κ3) is 3.38. The summed E-state index contributed by atoms with van der Waals surface area (Å²) in [5.74, 6) is 8.59. The van der Waals surface area contributed by atoms with Gasteiger partial charge in [0.15, 0.2) is 0 Å². The Morgan fingerprint density at radius 1 is 1.50 bits per heavy atom. The summed E-state index contributed by atoms with van der Waals surface area (Å²) >= 11 is 1.91. The van der Waals surface area contributed by atoms with Crippen molar-refractivity contribution in [3.05, 3.63) is 29.8 Å². The van der Waals surface area contributed by atoms with E-state index in [9.17, 15) is 0 Å². The molecular formula is C13H20N2O2S.